The second-order valence-corrected chi connectivity index (χ2v) is 15.9. The molecule has 0 saturated carbocycles. The largest absolute Gasteiger partial charge is 0.462 e. The summed E-state index contributed by atoms with van der Waals surface area (Å²) < 4.78 is 17.3. The van der Waals surface area contributed by atoms with Crippen molar-refractivity contribution in [1.29, 1.82) is 0 Å². The van der Waals surface area contributed by atoms with Gasteiger partial charge in [0.15, 0.2) is 6.10 Å². The summed E-state index contributed by atoms with van der Waals surface area (Å²) in [5.74, 6) is -0.467. The second-order valence-electron chi connectivity index (χ2n) is 15.9. The molecule has 0 aromatic heterocycles. The molecule has 0 radical (unpaired) electrons. The van der Waals surface area contributed by atoms with Crippen LogP contribution in [0.4, 0.5) is 0 Å². The SMILES string of the molecule is CC/C=C\C/C=C\C/C=C\C/C=C\CCCOCC(COC(=O)CCCCCCCCC/C=C\C/C=C\C/C=C\CC)OC(=O)CCCCCCC/C=C\C/C=C\C/C=C\CC. The normalized spacial score (nSPS) is 13.3. The molecular formula is C57H92O5. The molecule has 0 amide bonds. The van der Waals surface area contributed by atoms with E-state index in [1.807, 2.05) is 0 Å². The minimum atomic E-state index is -0.586. The van der Waals surface area contributed by atoms with E-state index in [0.717, 1.165) is 128 Å². The number of rotatable bonds is 44. The van der Waals surface area contributed by atoms with Gasteiger partial charge in [0.1, 0.15) is 6.61 Å². The van der Waals surface area contributed by atoms with E-state index in [9.17, 15) is 9.59 Å². The average Bonchev–Trinajstić information content (AvgIpc) is 3.27. The molecule has 350 valence electrons. The number of hydrogen-bond acceptors (Lipinski definition) is 5. The van der Waals surface area contributed by atoms with Crippen molar-refractivity contribution in [3.05, 3.63) is 122 Å². The molecule has 5 heteroatoms. The van der Waals surface area contributed by atoms with Crippen LogP contribution in [-0.4, -0.2) is 37.9 Å². The summed E-state index contributed by atoms with van der Waals surface area (Å²) in [6.07, 6.45) is 72.1. The van der Waals surface area contributed by atoms with E-state index in [2.05, 4.69) is 142 Å². The van der Waals surface area contributed by atoms with E-state index in [1.54, 1.807) is 0 Å². The van der Waals surface area contributed by atoms with E-state index >= 15 is 0 Å². The lowest BCUT2D eigenvalue weighted by atomic mass is 10.1. The van der Waals surface area contributed by atoms with E-state index in [0.29, 0.717) is 19.4 Å². The van der Waals surface area contributed by atoms with Crippen LogP contribution in [0.5, 0.6) is 0 Å². The highest BCUT2D eigenvalue weighted by Gasteiger charge is 2.17. The molecule has 0 aliphatic carbocycles. The molecule has 0 bridgehead atoms. The molecule has 0 aliphatic heterocycles. The Labute approximate surface area is 382 Å². The number of carbonyl (C=O) groups is 2. The molecule has 1 atom stereocenters. The van der Waals surface area contributed by atoms with Crippen molar-refractivity contribution in [2.75, 3.05) is 19.8 Å². The number of ether oxygens (including phenoxy) is 3. The summed E-state index contributed by atoms with van der Waals surface area (Å²) in [7, 11) is 0. The molecule has 0 N–H and O–H groups in total. The number of hydrogen-bond donors (Lipinski definition) is 0. The van der Waals surface area contributed by atoms with Crippen LogP contribution < -0.4 is 0 Å². The third-order valence-electron chi connectivity index (χ3n) is 9.97. The summed E-state index contributed by atoms with van der Waals surface area (Å²) in [6.45, 7) is 7.31. The summed E-state index contributed by atoms with van der Waals surface area (Å²) in [6, 6.07) is 0. The Morgan fingerprint density at radius 3 is 1.08 bits per heavy atom. The molecule has 0 aromatic carbocycles. The van der Waals surface area contributed by atoms with Gasteiger partial charge in [0.2, 0.25) is 0 Å². The van der Waals surface area contributed by atoms with E-state index < -0.39 is 6.10 Å². The Kier molecular flexibility index (Phi) is 48.6. The fourth-order valence-corrected chi connectivity index (χ4v) is 6.37. The molecule has 0 rings (SSSR count). The first kappa shape index (κ1) is 58.3. The van der Waals surface area contributed by atoms with Crippen LogP contribution in [0.3, 0.4) is 0 Å². The molecule has 0 aliphatic rings. The van der Waals surface area contributed by atoms with Gasteiger partial charge in [0.05, 0.1) is 6.61 Å². The Morgan fingerprint density at radius 1 is 0.355 bits per heavy atom. The molecule has 0 fully saturated rings. The lowest BCUT2D eigenvalue weighted by Crippen LogP contribution is -2.30. The van der Waals surface area contributed by atoms with Gasteiger partial charge in [-0.3, -0.25) is 9.59 Å². The summed E-state index contributed by atoms with van der Waals surface area (Å²) in [5, 5.41) is 0. The molecular weight excluding hydrogens is 765 g/mol. The fraction of sp³-hybridized carbons (Fsp3) is 0.614. The summed E-state index contributed by atoms with van der Waals surface area (Å²) in [5.41, 5.74) is 0. The monoisotopic (exact) mass is 857 g/mol. The van der Waals surface area contributed by atoms with Crippen molar-refractivity contribution >= 4 is 11.9 Å². The Balaban J connectivity index is 4.41. The smallest absolute Gasteiger partial charge is 0.306 e. The van der Waals surface area contributed by atoms with Crippen LogP contribution >= 0.6 is 0 Å². The van der Waals surface area contributed by atoms with Gasteiger partial charge >= 0.3 is 11.9 Å². The highest BCUT2D eigenvalue weighted by Crippen LogP contribution is 2.13. The van der Waals surface area contributed by atoms with Crippen molar-refractivity contribution in [1.82, 2.24) is 0 Å². The van der Waals surface area contributed by atoms with Crippen molar-refractivity contribution in [2.45, 2.75) is 207 Å². The van der Waals surface area contributed by atoms with Crippen LogP contribution in [0, 0.1) is 0 Å². The average molecular weight is 857 g/mol. The van der Waals surface area contributed by atoms with Crippen molar-refractivity contribution in [3.8, 4) is 0 Å². The molecule has 0 spiro atoms. The third kappa shape index (κ3) is 49.0. The van der Waals surface area contributed by atoms with Gasteiger partial charge in [0.25, 0.3) is 0 Å². The molecule has 1 unspecified atom stereocenters. The zero-order valence-corrected chi connectivity index (χ0v) is 40.1. The Bertz CT molecular complexity index is 1290. The van der Waals surface area contributed by atoms with Gasteiger partial charge in [-0.1, -0.05) is 194 Å². The maximum absolute atomic E-state index is 12.8. The summed E-state index contributed by atoms with van der Waals surface area (Å²) in [4.78, 5) is 25.4. The Morgan fingerprint density at radius 2 is 0.677 bits per heavy atom. The van der Waals surface area contributed by atoms with E-state index in [-0.39, 0.29) is 25.2 Å². The van der Waals surface area contributed by atoms with E-state index in [4.69, 9.17) is 14.2 Å². The third-order valence-corrected chi connectivity index (χ3v) is 9.97. The second kappa shape index (κ2) is 51.6. The van der Waals surface area contributed by atoms with Gasteiger partial charge in [-0.2, -0.15) is 0 Å². The lowest BCUT2D eigenvalue weighted by molar-refractivity contribution is -0.163. The van der Waals surface area contributed by atoms with Crippen LogP contribution in [0.15, 0.2) is 122 Å². The highest BCUT2D eigenvalue weighted by atomic mass is 16.6. The number of esters is 2. The van der Waals surface area contributed by atoms with Crippen LogP contribution in [0.2, 0.25) is 0 Å². The Hall–Kier alpha value is -3.70. The predicted molar refractivity (Wildman–Crippen MR) is 269 cm³/mol. The number of allylic oxidation sites excluding steroid dienone is 20. The fourth-order valence-electron chi connectivity index (χ4n) is 6.37. The molecule has 5 nitrogen and oxygen atoms in total. The molecule has 0 saturated heterocycles. The zero-order chi connectivity index (χ0) is 44.9. The summed E-state index contributed by atoms with van der Waals surface area (Å²) >= 11 is 0. The zero-order valence-electron chi connectivity index (χ0n) is 40.1. The van der Waals surface area contributed by atoms with Gasteiger partial charge < -0.3 is 14.2 Å². The standard InChI is InChI=1S/C57H92O5/c1-4-7-10-13-16-19-22-25-28-29-31-32-35-38-41-44-47-50-56(58)61-54-55(53-60-52-49-46-43-40-37-34-27-24-21-18-15-12-9-6-3)62-57(59)51-48-45-42-39-36-33-30-26-23-20-17-14-11-8-5-2/h7-12,16-21,25-28,30,34,40,43,55H,4-6,13-15,22-24,29,31-33,35-39,41-42,44-54H2,1-3H3/b10-7-,11-8-,12-9-,19-16-,20-17-,21-18-,28-25-,30-26-,34-27-,43-40-. The van der Waals surface area contributed by atoms with Gasteiger partial charge in [0, 0.05) is 19.4 Å². The van der Waals surface area contributed by atoms with Gasteiger partial charge in [-0.15, -0.1) is 0 Å². The topological polar surface area (TPSA) is 61.8 Å². The maximum atomic E-state index is 12.8. The van der Waals surface area contributed by atoms with Crippen molar-refractivity contribution < 1.29 is 23.8 Å². The molecule has 0 heterocycles. The number of unbranched alkanes of at least 4 members (excludes halogenated alkanes) is 13. The quantitative estimate of drug-likeness (QED) is 0.0347. The first-order valence-electron chi connectivity index (χ1n) is 25.1. The van der Waals surface area contributed by atoms with Gasteiger partial charge in [-0.05, 0) is 116 Å². The maximum Gasteiger partial charge on any atom is 0.306 e. The molecule has 62 heavy (non-hydrogen) atoms. The lowest BCUT2D eigenvalue weighted by Gasteiger charge is -2.18. The number of carbonyl (C=O) groups excluding carboxylic acids is 2. The predicted octanol–water partition coefficient (Wildman–Crippen LogP) is 17.0. The first-order valence-corrected chi connectivity index (χ1v) is 25.1. The van der Waals surface area contributed by atoms with Gasteiger partial charge in [-0.25, -0.2) is 0 Å². The van der Waals surface area contributed by atoms with E-state index in [1.165, 1.54) is 38.5 Å². The highest BCUT2D eigenvalue weighted by molar-refractivity contribution is 5.70. The minimum Gasteiger partial charge on any atom is -0.462 e. The van der Waals surface area contributed by atoms with Crippen molar-refractivity contribution in [3.63, 3.8) is 0 Å². The van der Waals surface area contributed by atoms with Crippen LogP contribution in [0.1, 0.15) is 201 Å². The first-order chi connectivity index (χ1) is 30.6. The molecule has 0 aromatic rings. The minimum absolute atomic E-state index is 0.0433. The van der Waals surface area contributed by atoms with Crippen LogP contribution in [0.25, 0.3) is 0 Å². The van der Waals surface area contributed by atoms with Crippen molar-refractivity contribution in [2.24, 2.45) is 0 Å². The van der Waals surface area contributed by atoms with Crippen LogP contribution in [-0.2, 0) is 23.8 Å².